The Balaban J connectivity index is 1.58. The van der Waals surface area contributed by atoms with E-state index in [1.54, 1.807) is 0 Å². The number of likely N-dealkylation sites (N-methyl/N-ethyl adjacent to an activating group) is 1. The molecule has 5 nitrogen and oxygen atoms in total. The highest BCUT2D eigenvalue weighted by Gasteiger charge is 2.33. The van der Waals surface area contributed by atoms with Gasteiger partial charge in [-0.25, -0.2) is 0 Å². The van der Waals surface area contributed by atoms with E-state index >= 15 is 0 Å². The molecule has 0 aliphatic carbocycles. The minimum Gasteiger partial charge on any atom is -0.352 e. The van der Waals surface area contributed by atoms with Crippen molar-refractivity contribution in [1.82, 2.24) is 10.2 Å². The van der Waals surface area contributed by atoms with Gasteiger partial charge in [-0.05, 0) is 19.0 Å². The van der Waals surface area contributed by atoms with Crippen molar-refractivity contribution in [3.63, 3.8) is 0 Å². The van der Waals surface area contributed by atoms with Gasteiger partial charge in [0.25, 0.3) is 0 Å². The molecule has 2 aliphatic heterocycles. The average Bonchev–Trinajstić information content (AvgIpc) is 2.89. The van der Waals surface area contributed by atoms with E-state index < -0.39 is 0 Å². The predicted molar refractivity (Wildman–Crippen MR) is 83.5 cm³/mol. The van der Waals surface area contributed by atoms with Crippen LogP contribution < -0.4 is 5.32 Å². The normalized spacial score (nSPS) is 27.0. The lowest BCUT2D eigenvalue weighted by molar-refractivity contribution is -0.184. The van der Waals surface area contributed by atoms with Crippen LogP contribution in [0.1, 0.15) is 24.3 Å². The topological polar surface area (TPSA) is 50.8 Å². The van der Waals surface area contributed by atoms with Crippen molar-refractivity contribution >= 4 is 5.91 Å². The van der Waals surface area contributed by atoms with E-state index in [2.05, 4.69) is 41.5 Å². The van der Waals surface area contributed by atoms with Crippen LogP contribution >= 0.6 is 0 Å². The largest absolute Gasteiger partial charge is 0.352 e. The molecule has 0 spiro atoms. The molecule has 0 aromatic heterocycles. The molecule has 2 fully saturated rings. The van der Waals surface area contributed by atoms with E-state index in [1.807, 2.05) is 6.07 Å². The second-order valence-electron chi connectivity index (χ2n) is 6.14. The van der Waals surface area contributed by atoms with Crippen LogP contribution in [0, 0.1) is 0 Å². The summed E-state index contributed by atoms with van der Waals surface area (Å²) in [6, 6.07) is 10.5. The Labute approximate surface area is 131 Å². The molecule has 1 aromatic rings. The number of carbonyl (C=O) groups excluding carboxylic acids is 1. The van der Waals surface area contributed by atoms with Crippen LogP contribution in [-0.4, -0.2) is 56.5 Å². The van der Waals surface area contributed by atoms with Crippen molar-refractivity contribution in [3.05, 3.63) is 35.9 Å². The molecule has 120 valence electrons. The van der Waals surface area contributed by atoms with Crippen molar-refractivity contribution < 1.29 is 14.3 Å². The highest BCUT2D eigenvalue weighted by atomic mass is 16.7. The van der Waals surface area contributed by atoms with E-state index in [1.165, 1.54) is 5.56 Å². The summed E-state index contributed by atoms with van der Waals surface area (Å²) in [5.74, 6) is 0.344. The molecule has 22 heavy (non-hydrogen) atoms. The summed E-state index contributed by atoms with van der Waals surface area (Å²) in [4.78, 5) is 14.5. The molecule has 1 N–H and O–H groups in total. The molecule has 0 saturated carbocycles. The van der Waals surface area contributed by atoms with Crippen molar-refractivity contribution in [1.29, 1.82) is 0 Å². The first-order valence-corrected chi connectivity index (χ1v) is 7.98. The first-order chi connectivity index (χ1) is 10.7. The molecule has 1 amide bonds. The standard InChI is InChI=1S/C17H24N2O3/c1-19-11-14(13-6-3-2-4-7-13)15(12-19)18-16(20)10-17-21-8-5-9-22-17/h2-4,6-7,14-15,17H,5,8-12H2,1H3,(H,18,20)/t14-,15+/m1/s1. The van der Waals surface area contributed by atoms with Crippen molar-refractivity contribution in [2.75, 3.05) is 33.4 Å². The first-order valence-electron chi connectivity index (χ1n) is 7.98. The maximum absolute atomic E-state index is 12.3. The molecule has 3 rings (SSSR count). The van der Waals surface area contributed by atoms with Crippen LogP contribution in [0.4, 0.5) is 0 Å². The lowest BCUT2D eigenvalue weighted by Crippen LogP contribution is -2.42. The third-order valence-corrected chi connectivity index (χ3v) is 4.32. The monoisotopic (exact) mass is 304 g/mol. The zero-order valence-corrected chi connectivity index (χ0v) is 13.0. The van der Waals surface area contributed by atoms with Gasteiger partial charge in [-0.2, -0.15) is 0 Å². The maximum Gasteiger partial charge on any atom is 0.225 e. The first kappa shape index (κ1) is 15.5. The number of amides is 1. The van der Waals surface area contributed by atoms with Gasteiger partial charge in [0.05, 0.1) is 19.6 Å². The number of nitrogens with one attached hydrogen (secondary N) is 1. The Kier molecular flexibility index (Phi) is 5.08. The molecule has 5 heteroatoms. The highest BCUT2D eigenvalue weighted by molar-refractivity contribution is 5.76. The average molecular weight is 304 g/mol. The molecular formula is C17H24N2O3. The number of rotatable bonds is 4. The van der Waals surface area contributed by atoms with E-state index in [4.69, 9.17) is 9.47 Å². The summed E-state index contributed by atoms with van der Waals surface area (Å²) in [7, 11) is 2.09. The van der Waals surface area contributed by atoms with Gasteiger partial charge >= 0.3 is 0 Å². The second kappa shape index (κ2) is 7.22. The minimum absolute atomic E-state index is 0.00753. The van der Waals surface area contributed by atoms with Gasteiger partial charge in [0.1, 0.15) is 0 Å². The van der Waals surface area contributed by atoms with E-state index in [0.717, 1.165) is 19.5 Å². The summed E-state index contributed by atoms with van der Waals surface area (Å²) < 4.78 is 10.9. The van der Waals surface area contributed by atoms with Crippen LogP contribution in [0.5, 0.6) is 0 Å². The van der Waals surface area contributed by atoms with Gasteiger partial charge in [-0.1, -0.05) is 30.3 Å². The Hall–Kier alpha value is -1.43. The van der Waals surface area contributed by atoms with Crippen LogP contribution in [0.3, 0.4) is 0 Å². The van der Waals surface area contributed by atoms with Crippen LogP contribution in [-0.2, 0) is 14.3 Å². The summed E-state index contributed by atoms with van der Waals surface area (Å²) >= 11 is 0. The molecule has 2 saturated heterocycles. The number of nitrogens with zero attached hydrogens (tertiary/aromatic N) is 1. The summed E-state index contributed by atoms with van der Waals surface area (Å²) in [6.45, 7) is 3.19. The van der Waals surface area contributed by atoms with Crippen LogP contribution in [0.2, 0.25) is 0 Å². The number of likely N-dealkylation sites (tertiary alicyclic amines) is 1. The number of carbonyl (C=O) groups is 1. The van der Waals surface area contributed by atoms with Crippen molar-refractivity contribution in [2.24, 2.45) is 0 Å². The fourth-order valence-electron chi connectivity index (χ4n) is 3.26. The number of benzene rings is 1. The van der Waals surface area contributed by atoms with Gasteiger partial charge < -0.3 is 19.7 Å². The molecule has 0 radical (unpaired) electrons. The van der Waals surface area contributed by atoms with E-state index in [-0.39, 0.29) is 24.7 Å². The second-order valence-corrected chi connectivity index (χ2v) is 6.14. The minimum atomic E-state index is -0.386. The third-order valence-electron chi connectivity index (χ3n) is 4.32. The fourth-order valence-corrected chi connectivity index (χ4v) is 3.26. The molecule has 0 unspecified atom stereocenters. The number of ether oxygens (including phenoxy) is 2. The van der Waals surface area contributed by atoms with Gasteiger partial charge in [0, 0.05) is 25.0 Å². The Morgan fingerprint density at radius 1 is 1.23 bits per heavy atom. The smallest absolute Gasteiger partial charge is 0.225 e. The highest BCUT2D eigenvalue weighted by Crippen LogP contribution is 2.26. The van der Waals surface area contributed by atoms with Crippen molar-refractivity contribution in [3.8, 4) is 0 Å². The fraction of sp³-hybridized carbons (Fsp3) is 0.588. The third kappa shape index (κ3) is 3.85. The predicted octanol–water partition coefficient (Wildman–Crippen LogP) is 1.35. The van der Waals surface area contributed by atoms with Gasteiger partial charge in [-0.15, -0.1) is 0 Å². The van der Waals surface area contributed by atoms with Gasteiger partial charge in [0.2, 0.25) is 5.91 Å². The lowest BCUT2D eigenvalue weighted by Gasteiger charge is -2.25. The summed E-state index contributed by atoms with van der Waals surface area (Å²) in [5, 5.41) is 3.16. The van der Waals surface area contributed by atoms with Crippen molar-refractivity contribution in [2.45, 2.75) is 31.1 Å². The summed E-state index contributed by atoms with van der Waals surface area (Å²) in [6.07, 6.45) is 0.798. The zero-order chi connectivity index (χ0) is 15.4. The molecule has 0 bridgehead atoms. The van der Waals surface area contributed by atoms with Gasteiger partial charge in [0.15, 0.2) is 6.29 Å². The molecule has 2 aliphatic rings. The molecule has 2 heterocycles. The molecular weight excluding hydrogens is 280 g/mol. The Morgan fingerprint density at radius 2 is 1.95 bits per heavy atom. The Bertz CT molecular complexity index is 488. The zero-order valence-electron chi connectivity index (χ0n) is 13.0. The lowest BCUT2D eigenvalue weighted by atomic mass is 9.94. The Morgan fingerprint density at radius 3 is 2.68 bits per heavy atom. The van der Waals surface area contributed by atoms with Crippen LogP contribution in [0.15, 0.2) is 30.3 Å². The van der Waals surface area contributed by atoms with E-state index in [9.17, 15) is 4.79 Å². The van der Waals surface area contributed by atoms with Crippen LogP contribution in [0.25, 0.3) is 0 Å². The quantitative estimate of drug-likeness (QED) is 0.912. The molecule has 1 aromatic carbocycles. The van der Waals surface area contributed by atoms with Gasteiger partial charge in [-0.3, -0.25) is 4.79 Å². The SMILES string of the molecule is CN1C[C@H](NC(=O)CC2OCCCO2)[C@@H](c2ccccc2)C1. The number of hydrogen-bond acceptors (Lipinski definition) is 4. The number of hydrogen-bond donors (Lipinski definition) is 1. The summed E-state index contributed by atoms with van der Waals surface area (Å²) in [5.41, 5.74) is 1.28. The van der Waals surface area contributed by atoms with E-state index in [0.29, 0.717) is 19.1 Å². The maximum atomic E-state index is 12.3. The molecule has 2 atom stereocenters.